The zero-order chi connectivity index (χ0) is 10.6. The van der Waals surface area contributed by atoms with E-state index >= 15 is 0 Å². The first-order valence-corrected chi connectivity index (χ1v) is 4.61. The van der Waals surface area contributed by atoms with Crippen LogP contribution < -0.4 is 5.73 Å². The van der Waals surface area contributed by atoms with E-state index in [0.29, 0.717) is 16.8 Å². The van der Waals surface area contributed by atoms with E-state index < -0.39 is 0 Å². The van der Waals surface area contributed by atoms with Gasteiger partial charge in [0.2, 0.25) is 0 Å². The highest BCUT2D eigenvalue weighted by molar-refractivity contribution is 6.19. The molecular weight excluding hydrogens is 200 g/mol. The number of carbonyl (C=O) groups excluding carboxylic acids is 1. The molecule has 0 atom stereocenters. The fraction of sp³-hybridized carbons (Fsp3) is 0.200. The van der Waals surface area contributed by atoms with Gasteiger partial charge in [0.25, 0.3) is 0 Å². The second-order valence-corrected chi connectivity index (χ2v) is 3.16. The van der Waals surface area contributed by atoms with E-state index in [1.54, 1.807) is 6.07 Å². The van der Waals surface area contributed by atoms with Crippen LogP contribution >= 0.6 is 11.6 Å². The lowest BCUT2D eigenvalue weighted by molar-refractivity contribution is 0.0989. The minimum absolute atomic E-state index is 0.149. The predicted molar refractivity (Wildman–Crippen MR) is 55.2 cm³/mol. The Morgan fingerprint density at radius 2 is 2.29 bits per heavy atom. The number of hydrogen-bond acceptors (Lipinski definition) is 3. The first-order chi connectivity index (χ1) is 6.69. The van der Waals surface area contributed by atoms with Crippen LogP contribution in [0.4, 0.5) is 5.69 Å². The number of nitrogen functional groups attached to an aromatic ring is 1. The molecule has 0 fully saturated rings. The van der Waals surface area contributed by atoms with Crippen molar-refractivity contribution in [1.82, 2.24) is 0 Å². The number of alkyl halides is 1. The maximum absolute atomic E-state index is 11.5. The summed E-state index contributed by atoms with van der Waals surface area (Å²) in [5.41, 5.74) is 6.69. The van der Waals surface area contributed by atoms with Gasteiger partial charge in [0.15, 0.2) is 5.78 Å². The minimum Gasteiger partial charge on any atom is -0.399 e. The summed E-state index contributed by atoms with van der Waals surface area (Å²) in [6, 6.07) is 6.58. The number of nitrogens with two attached hydrogens (primary N) is 1. The number of ketones is 1. The van der Waals surface area contributed by atoms with E-state index in [9.17, 15) is 4.79 Å². The maximum Gasteiger partial charge on any atom is 0.165 e. The van der Waals surface area contributed by atoms with Gasteiger partial charge in [-0.15, -0.1) is 11.6 Å². The average Bonchev–Trinajstić information content (AvgIpc) is 2.18. The lowest BCUT2D eigenvalue weighted by atomic mass is 10.0. The van der Waals surface area contributed by atoms with Gasteiger partial charge in [-0.3, -0.25) is 4.79 Å². The topological polar surface area (TPSA) is 66.9 Å². The molecule has 0 saturated carbocycles. The van der Waals surface area contributed by atoms with Crippen LogP contribution in [0.5, 0.6) is 0 Å². The Morgan fingerprint density at radius 3 is 2.86 bits per heavy atom. The Hall–Kier alpha value is -1.53. The van der Waals surface area contributed by atoms with E-state index in [-0.39, 0.29) is 18.1 Å². The van der Waals surface area contributed by atoms with Crippen LogP contribution in [-0.4, -0.2) is 11.7 Å². The van der Waals surface area contributed by atoms with Crippen molar-refractivity contribution < 1.29 is 4.79 Å². The van der Waals surface area contributed by atoms with Gasteiger partial charge in [0, 0.05) is 23.6 Å². The zero-order valence-electron chi connectivity index (χ0n) is 7.46. The highest BCUT2D eigenvalue weighted by Gasteiger charge is 2.10. The molecule has 1 aromatic rings. The molecular formula is C10H9ClN2O. The van der Waals surface area contributed by atoms with Crippen molar-refractivity contribution in [2.24, 2.45) is 0 Å². The van der Waals surface area contributed by atoms with Crippen LogP contribution in [0.25, 0.3) is 0 Å². The van der Waals surface area contributed by atoms with Gasteiger partial charge in [-0.25, -0.2) is 0 Å². The number of nitrogens with zero attached hydrogens (tertiary/aromatic N) is 1. The van der Waals surface area contributed by atoms with Crippen molar-refractivity contribution in [3.63, 3.8) is 0 Å². The second-order valence-electron chi connectivity index (χ2n) is 2.78. The fourth-order valence-corrected chi connectivity index (χ4v) is 1.28. The van der Waals surface area contributed by atoms with Crippen LogP contribution in [0.15, 0.2) is 18.2 Å². The number of benzene rings is 1. The molecule has 0 aliphatic carbocycles. The van der Waals surface area contributed by atoms with Crippen LogP contribution in [0.2, 0.25) is 0 Å². The monoisotopic (exact) mass is 208 g/mol. The number of hydrogen-bond donors (Lipinski definition) is 1. The maximum atomic E-state index is 11.5. The first-order valence-electron chi connectivity index (χ1n) is 4.08. The number of Topliss-reactive ketones (excluding diaryl/α,β-unsaturated/α-hetero) is 1. The number of anilines is 1. The third-order valence-corrected chi connectivity index (χ3v) is 1.98. The standard InChI is InChI=1S/C10H9ClN2O/c11-4-3-10(14)9-5-8(13)2-1-7(9)6-12/h1-2,5H,3-4,13H2. The smallest absolute Gasteiger partial charge is 0.165 e. The Morgan fingerprint density at radius 1 is 1.57 bits per heavy atom. The van der Waals surface area contributed by atoms with Gasteiger partial charge >= 0.3 is 0 Å². The predicted octanol–water partition coefficient (Wildman–Crippen LogP) is 1.95. The first kappa shape index (κ1) is 10.6. The summed E-state index contributed by atoms with van der Waals surface area (Å²) in [7, 11) is 0. The number of nitriles is 1. The van der Waals surface area contributed by atoms with Crippen molar-refractivity contribution in [3.05, 3.63) is 29.3 Å². The summed E-state index contributed by atoms with van der Waals surface area (Å²) in [6.45, 7) is 0. The zero-order valence-corrected chi connectivity index (χ0v) is 8.21. The summed E-state index contributed by atoms with van der Waals surface area (Å²) in [6.07, 6.45) is 0.222. The van der Waals surface area contributed by atoms with Gasteiger partial charge < -0.3 is 5.73 Å². The molecule has 0 unspecified atom stereocenters. The van der Waals surface area contributed by atoms with Crippen molar-refractivity contribution in [2.75, 3.05) is 11.6 Å². The highest BCUT2D eigenvalue weighted by atomic mass is 35.5. The summed E-state index contributed by atoms with van der Waals surface area (Å²) in [5.74, 6) is 0.0993. The van der Waals surface area contributed by atoms with Gasteiger partial charge in [0.1, 0.15) is 0 Å². The minimum atomic E-state index is -0.149. The Kier molecular flexibility index (Phi) is 3.49. The number of halogens is 1. The van der Waals surface area contributed by atoms with E-state index in [2.05, 4.69) is 0 Å². The molecule has 0 saturated heterocycles. The number of rotatable bonds is 3. The van der Waals surface area contributed by atoms with Gasteiger partial charge in [-0.05, 0) is 18.2 Å². The Labute approximate surface area is 87.1 Å². The third kappa shape index (κ3) is 2.24. The molecule has 0 bridgehead atoms. The molecule has 72 valence electrons. The molecule has 3 nitrogen and oxygen atoms in total. The second kappa shape index (κ2) is 4.64. The lowest BCUT2D eigenvalue weighted by Gasteiger charge is -2.02. The molecule has 0 amide bonds. The van der Waals surface area contributed by atoms with E-state index in [0.717, 1.165) is 0 Å². The molecule has 14 heavy (non-hydrogen) atoms. The Balaban J connectivity index is 3.12. The molecule has 1 aromatic carbocycles. The molecule has 0 aliphatic rings. The SMILES string of the molecule is N#Cc1ccc(N)cc1C(=O)CCCl. The normalized spacial score (nSPS) is 9.43. The summed E-state index contributed by atoms with van der Waals surface area (Å²) in [5, 5.41) is 8.75. The third-order valence-electron chi connectivity index (χ3n) is 1.79. The Bertz CT molecular complexity index is 396. The van der Waals surface area contributed by atoms with Gasteiger partial charge in [0.05, 0.1) is 11.6 Å². The van der Waals surface area contributed by atoms with E-state index in [4.69, 9.17) is 22.6 Å². The molecule has 2 N–H and O–H groups in total. The molecule has 0 aliphatic heterocycles. The fourth-order valence-electron chi connectivity index (χ4n) is 1.11. The van der Waals surface area contributed by atoms with Crippen molar-refractivity contribution in [3.8, 4) is 6.07 Å². The molecule has 0 heterocycles. The highest BCUT2D eigenvalue weighted by Crippen LogP contribution is 2.15. The molecule has 0 radical (unpaired) electrons. The average molecular weight is 209 g/mol. The van der Waals surface area contributed by atoms with E-state index in [1.807, 2.05) is 6.07 Å². The van der Waals surface area contributed by atoms with Gasteiger partial charge in [-0.1, -0.05) is 0 Å². The molecule has 1 rings (SSSR count). The number of carbonyl (C=O) groups is 1. The lowest BCUT2D eigenvalue weighted by Crippen LogP contribution is -2.03. The van der Waals surface area contributed by atoms with E-state index in [1.165, 1.54) is 12.1 Å². The summed E-state index contributed by atoms with van der Waals surface area (Å²) >= 11 is 5.45. The van der Waals surface area contributed by atoms with Crippen LogP contribution in [0.3, 0.4) is 0 Å². The van der Waals surface area contributed by atoms with Crippen molar-refractivity contribution in [1.29, 1.82) is 5.26 Å². The van der Waals surface area contributed by atoms with Crippen LogP contribution in [0.1, 0.15) is 22.3 Å². The molecule has 0 aromatic heterocycles. The summed E-state index contributed by atoms with van der Waals surface area (Å²) < 4.78 is 0. The van der Waals surface area contributed by atoms with Crippen LogP contribution in [-0.2, 0) is 0 Å². The molecule has 0 spiro atoms. The van der Waals surface area contributed by atoms with Crippen molar-refractivity contribution in [2.45, 2.75) is 6.42 Å². The largest absolute Gasteiger partial charge is 0.399 e. The quantitative estimate of drug-likeness (QED) is 0.469. The van der Waals surface area contributed by atoms with Gasteiger partial charge in [-0.2, -0.15) is 5.26 Å². The van der Waals surface area contributed by atoms with Crippen LogP contribution in [0, 0.1) is 11.3 Å². The molecule has 4 heteroatoms. The van der Waals surface area contributed by atoms with Crippen molar-refractivity contribution >= 4 is 23.1 Å². The summed E-state index contributed by atoms with van der Waals surface area (Å²) in [4.78, 5) is 11.5.